The lowest BCUT2D eigenvalue weighted by Gasteiger charge is -2.31. The molecule has 11 nitrogen and oxygen atoms in total. The van der Waals surface area contributed by atoms with Crippen LogP contribution in [0.3, 0.4) is 0 Å². The molecule has 0 spiro atoms. The van der Waals surface area contributed by atoms with Crippen LogP contribution in [-0.2, 0) is 10.0 Å². The minimum absolute atomic E-state index is 0.157. The van der Waals surface area contributed by atoms with E-state index in [1.807, 2.05) is 0 Å². The molecule has 1 unspecified atom stereocenters. The number of aromatic nitrogens is 3. The van der Waals surface area contributed by atoms with E-state index in [4.69, 9.17) is 4.74 Å². The highest BCUT2D eigenvalue weighted by Crippen LogP contribution is 2.40. The maximum Gasteiger partial charge on any atom is 0.407 e. The predicted molar refractivity (Wildman–Crippen MR) is 163 cm³/mol. The molecule has 4 aromatic rings. The lowest BCUT2D eigenvalue weighted by molar-refractivity contribution is 0.0189. The van der Waals surface area contributed by atoms with Crippen LogP contribution in [0.1, 0.15) is 31.7 Å². The second-order valence-corrected chi connectivity index (χ2v) is 12.7. The van der Waals surface area contributed by atoms with Crippen molar-refractivity contribution in [1.29, 1.82) is 0 Å². The molecule has 1 aliphatic rings. The number of rotatable bonds is 10. The normalized spacial score (nSPS) is 15.6. The number of nitrogens with one attached hydrogen (secondary N) is 2. The average Bonchev–Trinajstić information content (AvgIpc) is 2.99. The summed E-state index contributed by atoms with van der Waals surface area (Å²) in [6.07, 6.45) is 2.62. The van der Waals surface area contributed by atoms with Crippen LogP contribution in [0.15, 0.2) is 54.9 Å². The topological polar surface area (TPSA) is 147 Å². The van der Waals surface area contributed by atoms with E-state index in [-0.39, 0.29) is 28.7 Å². The van der Waals surface area contributed by atoms with Crippen molar-refractivity contribution in [1.82, 2.24) is 19.9 Å². The Hall–Kier alpha value is -4.66. The Morgan fingerprint density at radius 1 is 1.13 bits per heavy atom. The van der Waals surface area contributed by atoms with Crippen molar-refractivity contribution in [3.05, 3.63) is 66.2 Å². The van der Waals surface area contributed by atoms with E-state index in [1.54, 1.807) is 37.4 Å². The lowest BCUT2D eigenvalue weighted by Crippen LogP contribution is -2.44. The Labute approximate surface area is 257 Å². The van der Waals surface area contributed by atoms with Gasteiger partial charge in [-0.2, -0.15) is 0 Å². The van der Waals surface area contributed by atoms with Crippen molar-refractivity contribution < 1.29 is 36.2 Å². The monoisotopic (exact) mass is 644 g/mol. The molecule has 1 aliphatic heterocycles. The zero-order valence-electron chi connectivity index (χ0n) is 24.4. The number of hydrogen-bond acceptors (Lipinski definition) is 8. The molecule has 2 aromatic heterocycles. The van der Waals surface area contributed by atoms with Gasteiger partial charge in [0.1, 0.15) is 11.6 Å². The number of aryl methyl sites for hydroxylation is 1. The van der Waals surface area contributed by atoms with Gasteiger partial charge >= 0.3 is 6.09 Å². The summed E-state index contributed by atoms with van der Waals surface area (Å²) < 4.78 is 75.2. The number of hydrogen-bond donors (Lipinski definition) is 3. The molecule has 2 aromatic carbocycles. The highest BCUT2D eigenvalue weighted by molar-refractivity contribution is 7.92. The summed E-state index contributed by atoms with van der Waals surface area (Å²) in [4.78, 5) is 26.0. The first-order valence-electron chi connectivity index (χ1n) is 14.1. The first-order valence-corrected chi connectivity index (χ1v) is 15.8. The molecule has 5 rings (SSSR count). The third-order valence-corrected chi connectivity index (χ3v) is 8.55. The minimum Gasteiger partial charge on any atom is -0.465 e. The molecule has 15 heteroatoms. The number of likely N-dealkylation sites (tertiary alicyclic amines) is 1. The summed E-state index contributed by atoms with van der Waals surface area (Å²) in [5, 5.41) is 13.1. The summed E-state index contributed by atoms with van der Waals surface area (Å²) in [7, 11) is -4.30. The molecule has 0 saturated carbocycles. The van der Waals surface area contributed by atoms with Crippen molar-refractivity contribution in [2.75, 3.05) is 28.9 Å². The van der Waals surface area contributed by atoms with Gasteiger partial charge in [0, 0.05) is 48.7 Å². The molecule has 0 bridgehead atoms. The molecule has 0 radical (unpaired) electrons. The zero-order valence-corrected chi connectivity index (χ0v) is 25.2. The standard InChI is InChI=1S/C30H31F3N6O5S/c1-18-7-8-20-21(9-10-23(31)25(20)38-45(42,43)16-12-30(2,32)33)26(18)44-27-22(6-3-13-34-27)24-11-14-35-28(37-24)36-19-5-4-15-39(17-19)29(40)41/h3,6-11,13-14,19,38H,4-5,12,15-17H2,1-2H3,(H,40,41)(H,35,36,37). The number of carboxylic acid groups (broad SMARTS) is 1. The maximum absolute atomic E-state index is 15.0. The third kappa shape index (κ3) is 7.71. The Morgan fingerprint density at radius 2 is 1.91 bits per heavy atom. The van der Waals surface area contributed by atoms with E-state index in [2.05, 4.69) is 25.0 Å². The second kappa shape index (κ2) is 12.8. The van der Waals surface area contributed by atoms with E-state index in [0.29, 0.717) is 54.6 Å². The predicted octanol–water partition coefficient (Wildman–Crippen LogP) is 6.27. The SMILES string of the molecule is Cc1ccc2c(NS(=O)(=O)CCC(C)(F)F)c(F)ccc2c1Oc1ncccc1-c1ccnc(NC2CCCN(C(=O)O)C2)n1. The molecule has 238 valence electrons. The van der Waals surface area contributed by atoms with Crippen molar-refractivity contribution in [3.63, 3.8) is 0 Å². The van der Waals surface area contributed by atoms with E-state index >= 15 is 0 Å². The summed E-state index contributed by atoms with van der Waals surface area (Å²) in [5.41, 5.74) is 1.22. The van der Waals surface area contributed by atoms with Gasteiger partial charge in [-0.25, -0.2) is 41.3 Å². The summed E-state index contributed by atoms with van der Waals surface area (Å²) in [6, 6.07) is 10.6. The number of nitrogens with zero attached hydrogens (tertiary/aromatic N) is 4. The smallest absolute Gasteiger partial charge is 0.407 e. The van der Waals surface area contributed by atoms with Gasteiger partial charge in [0.25, 0.3) is 0 Å². The number of sulfonamides is 1. The fourth-order valence-electron chi connectivity index (χ4n) is 5.01. The highest BCUT2D eigenvalue weighted by Gasteiger charge is 2.27. The molecule has 1 atom stereocenters. The third-order valence-electron chi connectivity index (χ3n) is 7.29. The van der Waals surface area contributed by atoms with Gasteiger partial charge in [-0.05, 0) is 62.6 Å². The fourth-order valence-corrected chi connectivity index (χ4v) is 6.26. The van der Waals surface area contributed by atoms with Crippen LogP contribution in [0, 0.1) is 12.7 Å². The first kappa shape index (κ1) is 31.8. The number of halogens is 3. The zero-order chi connectivity index (χ0) is 32.4. The second-order valence-electron chi connectivity index (χ2n) is 10.9. The molecule has 3 N–H and O–H groups in total. The fraction of sp³-hybridized carbons (Fsp3) is 0.333. The Morgan fingerprint density at radius 3 is 2.67 bits per heavy atom. The number of anilines is 2. The molecule has 1 fully saturated rings. The van der Waals surface area contributed by atoms with Gasteiger partial charge in [-0.1, -0.05) is 12.1 Å². The molecular formula is C30H31F3N6O5S. The van der Waals surface area contributed by atoms with Crippen molar-refractivity contribution in [3.8, 4) is 22.9 Å². The molecule has 3 heterocycles. The van der Waals surface area contributed by atoms with Crippen LogP contribution >= 0.6 is 0 Å². The number of piperidine rings is 1. The average molecular weight is 645 g/mol. The Kier molecular flexibility index (Phi) is 9.00. The van der Waals surface area contributed by atoms with Gasteiger partial charge in [0.15, 0.2) is 0 Å². The van der Waals surface area contributed by atoms with Crippen LogP contribution in [-0.4, -0.2) is 70.3 Å². The number of ether oxygens (including phenoxy) is 1. The van der Waals surface area contributed by atoms with E-state index in [9.17, 15) is 31.5 Å². The van der Waals surface area contributed by atoms with Crippen molar-refractivity contribution in [2.45, 2.75) is 45.1 Å². The van der Waals surface area contributed by atoms with Crippen LogP contribution < -0.4 is 14.8 Å². The number of alkyl halides is 2. The Balaban J connectivity index is 1.45. The van der Waals surface area contributed by atoms with Gasteiger partial charge < -0.3 is 20.1 Å². The first-order chi connectivity index (χ1) is 21.3. The number of benzene rings is 2. The maximum atomic E-state index is 15.0. The van der Waals surface area contributed by atoms with Crippen LogP contribution in [0.2, 0.25) is 0 Å². The molecule has 1 saturated heterocycles. The molecule has 0 aliphatic carbocycles. The van der Waals surface area contributed by atoms with Crippen LogP contribution in [0.4, 0.5) is 29.6 Å². The number of amides is 1. The van der Waals surface area contributed by atoms with Gasteiger partial charge in [0.05, 0.1) is 22.7 Å². The molecule has 1 amide bonds. The van der Waals surface area contributed by atoms with Crippen molar-refractivity contribution in [2.24, 2.45) is 0 Å². The van der Waals surface area contributed by atoms with Gasteiger partial charge in [-0.15, -0.1) is 0 Å². The number of pyridine rings is 1. The minimum atomic E-state index is -4.30. The van der Waals surface area contributed by atoms with Crippen molar-refractivity contribution >= 4 is 38.5 Å². The van der Waals surface area contributed by atoms with E-state index < -0.39 is 40.0 Å². The van der Waals surface area contributed by atoms with Gasteiger partial charge in [0.2, 0.25) is 27.8 Å². The number of carbonyl (C=O) groups is 1. The Bertz CT molecular complexity index is 1840. The highest BCUT2D eigenvalue weighted by atomic mass is 32.2. The summed E-state index contributed by atoms with van der Waals surface area (Å²) >= 11 is 0. The van der Waals surface area contributed by atoms with Crippen LogP contribution in [0.5, 0.6) is 11.6 Å². The largest absolute Gasteiger partial charge is 0.465 e. The quantitative estimate of drug-likeness (QED) is 0.182. The summed E-state index contributed by atoms with van der Waals surface area (Å²) in [6.45, 7) is 3.14. The molecule has 45 heavy (non-hydrogen) atoms. The molecular weight excluding hydrogens is 613 g/mol. The lowest BCUT2D eigenvalue weighted by atomic mass is 10.0. The van der Waals surface area contributed by atoms with E-state index in [1.165, 1.54) is 23.2 Å². The van der Waals surface area contributed by atoms with Crippen LogP contribution in [0.25, 0.3) is 22.0 Å². The van der Waals surface area contributed by atoms with Gasteiger partial charge in [-0.3, -0.25) is 4.72 Å². The number of fused-ring (bicyclic) bond motifs is 1. The summed E-state index contributed by atoms with van der Waals surface area (Å²) in [5.74, 6) is -4.25. The van der Waals surface area contributed by atoms with E-state index in [0.717, 1.165) is 12.5 Å².